The van der Waals surface area contributed by atoms with Crippen LogP contribution in [0.25, 0.3) is 0 Å². The molecule has 0 saturated heterocycles. The lowest BCUT2D eigenvalue weighted by molar-refractivity contribution is -0.154. The minimum Gasteiger partial charge on any atom is -0.453 e. The number of ether oxygens (including phenoxy) is 1. The van der Waals surface area contributed by atoms with Gasteiger partial charge in [0.05, 0.1) is 18.7 Å². The number of hydrogen-bond acceptors (Lipinski definition) is 5. The van der Waals surface area contributed by atoms with Crippen LogP contribution in [0.15, 0.2) is 47.4 Å². The molecule has 10 heteroatoms. The Morgan fingerprint density at radius 2 is 1.73 bits per heavy atom. The van der Waals surface area contributed by atoms with Gasteiger partial charge in [0, 0.05) is 10.6 Å². The molecule has 6 nitrogen and oxygen atoms in total. The Labute approximate surface area is 175 Å². The third-order valence-corrected chi connectivity index (χ3v) is 4.74. The molecule has 1 atom stereocenters. The SMILES string of the molecule is CC(OC(=O)CCSc1ccccc1)C(=O)NCC(=O)Nc1ccc(F)c(F)c1F. The van der Waals surface area contributed by atoms with Gasteiger partial charge < -0.3 is 15.4 Å². The van der Waals surface area contributed by atoms with Crippen molar-refractivity contribution in [2.75, 3.05) is 17.6 Å². The van der Waals surface area contributed by atoms with E-state index in [0.717, 1.165) is 11.0 Å². The van der Waals surface area contributed by atoms with Crippen LogP contribution in [0.4, 0.5) is 18.9 Å². The number of benzene rings is 2. The van der Waals surface area contributed by atoms with Gasteiger partial charge in [0.15, 0.2) is 23.6 Å². The van der Waals surface area contributed by atoms with Gasteiger partial charge in [-0.3, -0.25) is 14.4 Å². The van der Waals surface area contributed by atoms with Crippen molar-refractivity contribution in [1.82, 2.24) is 5.32 Å². The first-order valence-electron chi connectivity index (χ1n) is 8.86. The van der Waals surface area contributed by atoms with E-state index in [1.807, 2.05) is 35.6 Å². The quantitative estimate of drug-likeness (QED) is 0.355. The Morgan fingerprint density at radius 3 is 2.43 bits per heavy atom. The lowest BCUT2D eigenvalue weighted by Gasteiger charge is -2.13. The molecule has 2 amide bonds. The molecule has 0 aliphatic heterocycles. The van der Waals surface area contributed by atoms with E-state index in [1.165, 1.54) is 18.7 Å². The van der Waals surface area contributed by atoms with E-state index in [2.05, 4.69) is 5.32 Å². The fourth-order valence-corrected chi connectivity index (χ4v) is 3.06. The number of nitrogens with one attached hydrogen (secondary N) is 2. The number of carbonyl (C=O) groups excluding carboxylic acids is 3. The zero-order valence-corrected chi connectivity index (χ0v) is 16.7. The van der Waals surface area contributed by atoms with Gasteiger partial charge in [-0.15, -0.1) is 11.8 Å². The monoisotopic (exact) mass is 440 g/mol. The van der Waals surface area contributed by atoms with Crippen molar-refractivity contribution in [2.24, 2.45) is 0 Å². The number of hydrogen-bond donors (Lipinski definition) is 2. The normalized spacial score (nSPS) is 11.5. The average molecular weight is 440 g/mol. The van der Waals surface area contributed by atoms with Crippen LogP contribution in [0.1, 0.15) is 13.3 Å². The molecule has 0 aliphatic rings. The summed E-state index contributed by atoms with van der Waals surface area (Å²) in [7, 11) is 0. The van der Waals surface area contributed by atoms with Crippen LogP contribution in [-0.2, 0) is 19.1 Å². The van der Waals surface area contributed by atoms with Crippen molar-refractivity contribution in [3.63, 3.8) is 0 Å². The molecular weight excluding hydrogens is 421 g/mol. The predicted octanol–water partition coefficient (Wildman–Crippen LogP) is 3.27. The topological polar surface area (TPSA) is 84.5 Å². The maximum Gasteiger partial charge on any atom is 0.307 e. The molecule has 30 heavy (non-hydrogen) atoms. The van der Waals surface area contributed by atoms with E-state index in [0.29, 0.717) is 11.8 Å². The van der Waals surface area contributed by atoms with Crippen LogP contribution in [0.5, 0.6) is 0 Å². The fraction of sp³-hybridized carbons (Fsp3) is 0.250. The van der Waals surface area contributed by atoms with Gasteiger partial charge >= 0.3 is 5.97 Å². The number of thioether (sulfide) groups is 1. The average Bonchev–Trinajstić information content (AvgIpc) is 2.73. The molecule has 0 heterocycles. The predicted molar refractivity (Wildman–Crippen MR) is 105 cm³/mol. The van der Waals surface area contributed by atoms with Crippen molar-refractivity contribution < 1.29 is 32.3 Å². The van der Waals surface area contributed by atoms with Crippen LogP contribution in [0.3, 0.4) is 0 Å². The first-order valence-corrected chi connectivity index (χ1v) is 9.85. The minimum atomic E-state index is -1.72. The van der Waals surface area contributed by atoms with Gasteiger partial charge in [-0.25, -0.2) is 13.2 Å². The molecule has 0 spiro atoms. The summed E-state index contributed by atoms with van der Waals surface area (Å²) in [4.78, 5) is 36.5. The smallest absolute Gasteiger partial charge is 0.307 e. The summed E-state index contributed by atoms with van der Waals surface area (Å²) in [6.45, 7) is 0.757. The number of anilines is 1. The van der Waals surface area contributed by atoms with Gasteiger partial charge in [-0.2, -0.15) is 0 Å². The minimum absolute atomic E-state index is 0.0904. The van der Waals surface area contributed by atoms with E-state index in [1.54, 1.807) is 0 Å². The molecule has 1 unspecified atom stereocenters. The first-order chi connectivity index (χ1) is 14.3. The summed E-state index contributed by atoms with van der Waals surface area (Å²) in [6.07, 6.45) is -1.06. The number of rotatable bonds is 9. The molecule has 0 bridgehead atoms. The molecule has 2 aromatic rings. The third-order valence-electron chi connectivity index (χ3n) is 3.73. The Morgan fingerprint density at radius 1 is 1.03 bits per heavy atom. The van der Waals surface area contributed by atoms with Crippen molar-refractivity contribution in [3.8, 4) is 0 Å². The molecular formula is C20H19F3N2O4S. The zero-order valence-electron chi connectivity index (χ0n) is 15.9. The summed E-state index contributed by atoms with van der Waals surface area (Å²) in [5, 5.41) is 4.22. The lowest BCUT2D eigenvalue weighted by atomic mass is 10.2. The van der Waals surface area contributed by atoms with Crippen LogP contribution in [-0.4, -0.2) is 36.2 Å². The van der Waals surface area contributed by atoms with E-state index < -0.39 is 53.6 Å². The van der Waals surface area contributed by atoms with Gasteiger partial charge in [0.25, 0.3) is 5.91 Å². The molecule has 0 fully saturated rings. The Balaban J connectivity index is 1.71. The molecule has 2 N–H and O–H groups in total. The summed E-state index contributed by atoms with van der Waals surface area (Å²) >= 11 is 1.47. The second kappa shape index (κ2) is 11.2. The van der Waals surface area contributed by atoms with E-state index in [9.17, 15) is 27.6 Å². The highest BCUT2D eigenvalue weighted by molar-refractivity contribution is 7.99. The largest absolute Gasteiger partial charge is 0.453 e. The molecule has 0 radical (unpaired) electrons. The molecule has 0 saturated carbocycles. The molecule has 0 aliphatic carbocycles. The molecule has 0 aromatic heterocycles. The summed E-state index contributed by atoms with van der Waals surface area (Å²) in [5.74, 6) is -6.37. The fourth-order valence-electron chi connectivity index (χ4n) is 2.21. The van der Waals surface area contributed by atoms with Crippen molar-refractivity contribution in [1.29, 1.82) is 0 Å². The number of esters is 1. The number of halogens is 3. The van der Waals surface area contributed by atoms with Crippen LogP contribution in [0, 0.1) is 17.5 Å². The Kier molecular flexibility index (Phi) is 8.72. The standard InChI is InChI=1S/C20H19F3N2O4S/c1-12(29-17(27)9-10-30-13-5-3-2-4-6-13)20(28)24-11-16(26)25-15-8-7-14(21)18(22)19(15)23/h2-8,12H,9-11H2,1H3,(H,24,28)(H,25,26). The van der Waals surface area contributed by atoms with Gasteiger partial charge in [-0.1, -0.05) is 18.2 Å². The van der Waals surface area contributed by atoms with Crippen molar-refractivity contribution >= 4 is 35.2 Å². The van der Waals surface area contributed by atoms with E-state index in [-0.39, 0.29) is 6.42 Å². The molecule has 2 rings (SSSR count). The van der Waals surface area contributed by atoms with Crippen molar-refractivity contribution in [2.45, 2.75) is 24.3 Å². The second-order valence-electron chi connectivity index (χ2n) is 6.03. The number of amides is 2. The van der Waals surface area contributed by atoms with E-state index >= 15 is 0 Å². The third kappa shape index (κ3) is 7.11. The van der Waals surface area contributed by atoms with Crippen LogP contribution in [0.2, 0.25) is 0 Å². The van der Waals surface area contributed by atoms with E-state index in [4.69, 9.17) is 4.74 Å². The highest BCUT2D eigenvalue weighted by atomic mass is 32.2. The maximum absolute atomic E-state index is 13.5. The summed E-state index contributed by atoms with van der Waals surface area (Å²) < 4.78 is 44.6. The highest BCUT2D eigenvalue weighted by Gasteiger charge is 2.19. The van der Waals surface area contributed by atoms with Gasteiger partial charge in [-0.05, 0) is 31.2 Å². The Hall–Kier alpha value is -3.01. The van der Waals surface area contributed by atoms with Crippen LogP contribution < -0.4 is 10.6 Å². The lowest BCUT2D eigenvalue weighted by Crippen LogP contribution is -2.40. The molecule has 2 aromatic carbocycles. The summed E-state index contributed by atoms with van der Waals surface area (Å²) in [6, 6.07) is 11.0. The number of carbonyl (C=O) groups is 3. The van der Waals surface area contributed by atoms with Crippen molar-refractivity contribution in [3.05, 3.63) is 59.9 Å². The van der Waals surface area contributed by atoms with Gasteiger partial charge in [0.2, 0.25) is 5.91 Å². The highest BCUT2D eigenvalue weighted by Crippen LogP contribution is 2.19. The zero-order chi connectivity index (χ0) is 22.1. The van der Waals surface area contributed by atoms with Crippen LogP contribution >= 0.6 is 11.8 Å². The Bertz CT molecular complexity index is 912. The maximum atomic E-state index is 13.5. The molecule has 160 valence electrons. The van der Waals surface area contributed by atoms with Gasteiger partial charge in [0.1, 0.15) is 0 Å². The second-order valence-corrected chi connectivity index (χ2v) is 7.20. The summed E-state index contributed by atoms with van der Waals surface area (Å²) in [5.41, 5.74) is -0.566. The first kappa shape index (κ1) is 23.3.